The second-order valence-electron chi connectivity index (χ2n) is 5.35. The molecular weight excluding hydrogens is 304 g/mol. The average molecular weight is 321 g/mol. The van der Waals surface area contributed by atoms with Crippen molar-refractivity contribution in [2.24, 2.45) is 5.41 Å². The van der Waals surface area contributed by atoms with Crippen LogP contribution in [0.2, 0.25) is 0 Å². The van der Waals surface area contributed by atoms with Gasteiger partial charge in [0.05, 0.1) is 5.52 Å². The molecule has 1 heterocycles. The van der Waals surface area contributed by atoms with Gasteiger partial charge in [0.2, 0.25) is 0 Å². The SMILES string of the molecule is OCCC1(CNc2ccnc3ccc(Br)cc23)CC1. The molecule has 19 heavy (non-hydrogen) atoms. The monoisotopic (exact) mass is 320 g/mol. The van der Waals surface area contributed by atoms with Gasteiger partial charge in [-0.3, -0.25) is 4.98 Å². The van der Waals surface area contributed by atoms with Crippen LogP contribution in [0.1, 0.15) is 19.3 Å². The lowest BCUT2D eigenvalue weighted by molar-refractivity contribution is 0.253. The summed E-state index contributed by atoms with van der Waals surface area (Å²) in [4.78, 5) is 4.38. The number of nitrogens with one attached hydrogen (secondary N) is 1. The van der Waals surface area contributed by atoms with Crippen LogP contribution in [0.5, 0.6) is 0 Å². The molecule has 0 unspecified atom stereocenters. The van der Waals surface area contributed by atoms with E-state index in [9.17, 15) is 0 Å². The smallest absolute Gasteiger partial charge is 0.0723 e. The van der Waals surface area contributed by atoms with E-state index in [2.05, 4.69) is 32.3 Å². The molecule has 1 fully saturated rings. The van der Waals surface area contributed by atoms with E-state index >= 15 is 0 Å². The number of halogens is 1. The number of nitrogens with zero attached hydrogens (tertiary/aromatic N) is 1. The van der Waals surface area contributed by atoms with E-state index < -0.39 is 0 Å². The summed E-state index contributed by atoms with van der Waals surface area (Å²) in [5.41, 5.74) is 2.44. The Morgan fingerprint density at radius 2 is 2.16 bits per heavy atom. The molecule has 2 aromatic rings. The van der Waals surface area contributed by atoms with Crippen LogP contribution in [-0.2, 0) is 0 Å². The number of pyridine rings is 1. The third-order valence-corrected chi connectivity index (χ3v) is 4.45. The highest BCUT2D eigenvalue weighted by Gasteiger charge is 2.41. The van der Waals surface area contributed by atoms with Crippen molar-refractivity contribution in [3.8, 4) is 0 Å². The average Bonchev–Trinajstić information content (AvgIpc) is 3.17. The summed E-state index contributed by atoms with van der Waals surface area (Å²) in [7, 11) is 0. The minimum atomic E-state index is 0.282. The van der Waals surface area contributed by atoms with Gasteiger partial charge in [-0.1, -0.05) is 15.9 Å². The van der Waals surface area contributed by atoms with Gasteiger partial charge in [0.1, 0.15) is 0 Å². The number of anilines is 1. The van der Waals surface area contributed by atoms with E-state index in [1.54, 1.807) is 0 Å². The van der Waals surface area contributed by atoms with Gasteiger partial charge in [0.15, 0.2) is 0 Å². The number of rotatable bonds is 5. The Balaban J connectivity index is 1.83. The summed E-state index contributed by atoms with van der Waals surface area (Å²) in [5, 5.41) is 13.8. The molecule has 1 aliphatic rings. The maximum absolute atomic E-state index is 9.10. The lowest BCUT2D eigenvalue weighted by Gasteiger charge is -2.16. The maximum Gasteiger partial charge on any atom is 0.0723 e. The van der Waals surface area contributed by atoms with Crippen LogP contribution in [0.25, 0.3) is 10.9 Å². The minimum absolute atomic E-state index is 0.282. The predicted molar refractivity (Wildman–Crippen MR) is 81.3 cm³/mol. The van der Waals surface area contributed by atoms with E-state index in [0.29, 0.717) is 5.41 Å². The number of hydrogen-bond acceptors (Lipinski definition) is 3. The molecule has 1 aromatic heterocycles. The van der Waals surface area contributed by atoms with Gasteiger partial charge in [0, 0.05) is 34.9 Å². The molecule has 0 radical (unpaired) electrons. The Morgan fingerprint density at radius 3 is 2.89 bits per heavy atom. The van der Waals surface area contributed by atoms with Gasteiger partial charge in [-0.15, -0.1) is 0 Å². The molecule has 0 atom stereocenters. The Morgan fingerprint density at radius 1 is 1.32 bits per heavy atom. The van der Waals surface area contributed by atoms with Crippen molar-refractivity contribution in [1.29, 1.82) is 0 Å². The van der Waals surface area contributed by atoms with Crippen molar-refractivity contribution in [1.82, 2.24) is 4.98 Å². The Kier molecular flexibility index (Phi) is 3.46. The Hall–Kier alpha value is -1.13. The van der Waals surface area contributed by atoms with Crippen molar-refractivity contribution in [2.45, 2.75) is 19.3 Å². The summed E-state index contributed by atoms with van der Waals surface area (Å²) in [6.07, 6.45) is 5.16. The molecule has 0 aliphatic heterocycles. The molecule has 4 heteroatoms. The quantitative estimate of drug-likeness (QED) is 0.885. The first-order valence-electron chi connectivity index (χ1n) is 6.61. The Labute approximate surface area is 121 Å². The molecule has 2 N–H and O–H groups in total. The molecular formula is C15H17BrN2O. The van der Waals surface area contributed by atoms with Crippen molar-refractivity contribution in [3.05, 3.63) is 34.9 Å². The van der Waals surface area contributed by atoms with Gasteiger partial charge in [-0.2, -0.15) is 0 Å². The molecule has 0 spiro atoms. The lowest BCUT2D eigenvalue weighted by Crippen LogP contribution is -2.16. The van der Waals surface area contributed by atoms with Gasteiger partial charge < -0.3 is 10.4 Å². The molecule has 3 nitrogen and oxygen atoms in total. The topological polar surface area (TPSA) is 45.1 Å². The summed E-state index contributed by atoms with van der Waals surface area (Å²) in [5.74, 6) is 0. The van der Waals surface area contributed by atoms with Crippen LogP contribution in [0.15, 0.2) is 34.9 Å². The first-order valence-corrected chi connectivity index (χ1v) is 7.41. The van der Waals surface area contributed by atoms with Crippen molar-refractivity contribution in [3.63, 3.8) is 0 Å². The number of benzene rings is 1. The highest BCUT2D eigenvalue weighted by molar-refractivity contribution is 9.10. The van der Waals surface area contributed by atoms with Crippen molar-refractivity contribution >= 4 is 32.5 Å². The molecule has 0 amide bonds. The van der Waals surface area contributed by atoms with Crippen LogP contribution in [0.3, 0.4) is 0 Å². The fourth-order valence-electron chi connectivity index (χ4n) is 2.48. The summed E-state index contributed by atoms with van der Waals surface area (Å²) < 4.78 is 1.06. The molecule has 3 rings (SSSR count). The zero-order valence-electron chi connectivity index (χ0n) is 10.7. The highest BCUT2D eigenvalue weighted by atomic mass is 79.9. The van der Waals surface area contributed by atoms with E-state index in [4.69, 9.17) is 5.11 Å². The van der Waals surface area contributed by atoms with Crippen molar-refractivity contribution in [2.75, 3.05) is 18.5 Å². The minimum Gasteiger partial charge on any atom is -0.396 e. The van der Waals surface area contributed by atoms with E-state index in [1.165, 1.54) is 12.8 Å². The van der Waals surface area contributed by atoms with Gasteiger partial charge in [-0.05, 0) is 48.9 Å². The lowest BCUT2D eigenvalue weighted by atomic mass is 10.0. The van der Waals surface area contributed by atoms with Crippen LogP contribution < -0.4 is 5.32 Å². The molecule has 100 valence electrons. The van der Waals surface area contributed by atoms with Crippen LogP contribution in [0, 0.1) is 5.41 Å². The van der Waals surface area contributed by atoms with E-state index in [-0.39, 0.29) is 6.61 Å². The number of aromatic nitrogens is 1. The number of fused-ring (bicyclic) bond motifs is 1. The Bertz CT molecular complexity index is 596. The first-order chi connectivity index (χ1) is 9.22. The standard InChI is InChI=1S/C15H17BrN2O/c16-11-1-2-13-12(9-11)14(3-7-17-13)18-10-15(4-5-15)6-8-19/h1-3,7,9,19H,4-6,8,10H2,(H,17,18). The third-order valence-electron chi connectivity index (χ3n) is 3.96. The molecule has 1 aliphatic carbocycles. The van der Waals surface area contributed by atoms with Gasteiger partial charge in [0.25, 0.3) is 0 Å². The molecule has 0 saturated heterocycles. The zero-order chi connectivity index (χ0) is 13.3. The van der Waals surface area contributed by atoms with Crippen LogP contribution >= 0.6 is 15.9 Å². The normalized spacial score (nSPS) is 16.5. The van der Waals surface area contributed by atoms with Gasteiger partial charge >= 0.3 is 0 Å². The molecule has 1 aromatic carbocycles. The summed E-state index contributed by atoms with van der Waals surface area (Å²) >= 11 is 3.51. The number of hydrogen-bond donors (Lipinski definition) is 2. The van der Waals surface area contributed by atoms with Crippen molar-refractivity contribution < 1.29 is 5.11 Å². The second kappa shape index (κ2) is 5.10. The van der Waals surface area contributed by atoms with Crippen LogP contribution in [0.4, 0.5) is 5.69 Å². The number of aliphatic hydroxyl groups excluding tert-OH is 1. The highest BCUT2D eigenvalue weighted by Crippen LogP contribution is 2.48. The third kappa shape index (κ3) is 2.74. The fraction of sp³-hybridized carbons (Fsp3) is 0.400. The summed E-state index contributed by atoms with van der Waals surface area (Å²) in [6, 6.07) is 8.14. The van der Waals surface area contributed by atoms with Crippen LogP contribution in [-0.4, -0.2) is 23.2 Å². The summed E-state index contributed by atoms with van der Waals surface area (Å²) in [6.45, 7) is 1.21. The number of aliphatic hydroxyl groups is 1. The molecule has 0 bridgehead atoms. The fourth-order valence-corrected chi connectivity index (χ4v) is 2.85. The van der Waals surface area contributed by atoms with E-state index in [0.717, 1.165) is 34.0 Å². The van der Waals surface area contributed by atoms with E-state index in [1.807, 2.05) is 24.4 Å². The molecule has 1 saturated carbocycles. The predicted octanol–water partition coefficient (Wildman–Crippen LogP) is 3.57. The largest absolute Gasteiger partial charge is 0.396 e. The zero-order valence-corrected chi connectivity index (χ0v) is 12.3. The van der Waals surface area contributed by atoms with Gasteiger partial charge in [-0.25, -0.2) is 0 Å². The first kappa shape index (κ1) is 12.9. The maximum atomic E-state index is 9.10. The second-order valence-corrected chi connectivity index (χ2v) is 6.26.